The highest BCUT2D eigenvalue weighted by atomic mass is 35.5. The molecule has 0 aliphatic carbocycles. The van der Waals surface area contributed by atoms with Crippen molar-refractivity contribution in [3.63, 3.8) is 0 Å². The molecule has 0 saturated heterocycles. The molecule has 0 aromatic heterocycles. The molecular weight excluding hydrogens is 226 g/mol. The average Bonchev–Trinajstić information content (AvgIpc) is 2.09. The lowest BCUT2D eigenvalue weighted by Gasteiger charge is -2.04. The van der Waals surface area contributed by atoms with Crippen LogP contribution in [-0.4, -0.2) is 5.88 Å². The minimum absolute atomic E-state index is 0.481. The molecule has 3 heteroatoms. The summed E-state index contributed by atoms with van der Waals surface area (Å²) in [6, 6.07) is 5.38. The first-order valence-electron chi connectivity index (χ1n) is 3.83. The van der Waals surface area contributed by atoms with Crippen LogP contribution >= 0.6 is 34.8 Å². The maximum absolute atomic E-state index is 5.98. The predicted molar refractivity (Wildman–Crippen MR) is 60.8 cm³/mol. The molecule has 0 spiro atoms. The summed E-state index contributed by atoms with van der Waals surface area (Å²) in [6.45, 7) is 1.96. The monoisotopic (exact) mass is 234 g/mol. The van der Waals surface area contributed by atoms with Crippen molar-refractivity contribution in [1.29, 1.82) is 0 Å². The minimum atomic E-state index is 0.481. The summed E-state index contributed by atoms with van der Waals surface area (Å²) in [5.41, 5.74) is 1.98. The van der Waals surface area contributed by atoms with E-state index in [0.717, 1.165) is 11.1 Å². The van der Waals surface area contributed by atoms with Gasteiger partial charge in [0.1, 0.15) is 0 Å². The van der Waals surface area contributed by atoms with Gasteiger partial charge in [-0.1, -0.05) is 29.3 Å². The van der Waals surface area contributed by atoms with Crippen molar-refractivity contribution in [2.75, 3.05) is 5.88 Å². The van der Waals surface area contributed by atoms with Gasteiger partial charge in [-0.05, 0) is 36.3 Å². The zero-order valence-corrected chi connectivity index (χ0v) is 9.42. The molecule has 1 rings (SSSR count). The predicted octanol–water partition coefficient (Wildman–Crippen LogP) is 4.64. The highest BCUT2D eigenvalue weighted by Gasteiger charge is 2.02. The van der Waals surface area contributed by atoms with Crippen molar-refractivity contribution >= 4 is 40.4 Å². The van der Waals surface area contributed by atoms with E-state index in [1.807, 2.05) is 19.1 Å². The zero-order valence-electron chi connectivity index (χ0n) is 7.15. The second-order valence-corrected chi connectivity index (χ2v) is 3.82. The van der Waals surface area contributed by atoms with Gasteiger partial charge < -0.3 is 0 Å². The molecule has 0 amide bonds. The van der Waals surface area contributed by atoms with E-state index in [4.69, 9.17) is 34.8 Å². The van der Waals surface area contributed by atoms with E-state index < -0.39 is 0 Å². The van der Waals surface area contributed by atoms with Crippen LogP contribution in [0.3, 0.4) is 0 Å². The Labute approximate surface area is 93.1 Å². The molecule has 1 aromatic carbocycles. The Kier molecular flexibility index (Phi) is 4.11. The van der Waals surface area contributed by atoms with Crippen LogP contribution in [0.2, 0.25) is 10.0 Å². The summed E-state index contributed by atoms with van der Waals surface area (Å²) in [6.07, 6.45) is 1.90. The largest absolute Gasteiger partial charge is 0.122 e. The lowest BCUT2D eigenvalue weighted by atomic mass is 10.1. The van der Waals surface area contributed by atoms with Crippen molar-refractivity contribution in [3.8, 4) is 0 Å². The molecule has 0 aliphatic heterocycles. The van der Waals surface area contributed by atoms with Crippen LogP contribution in [-0.2, 0) is 0 Å². The molecule has 0 bridgehead atoms. The lowest BCUT2D eigenvalue weighted by molar-refractivity contribution is 1.54. The Morgan fingerprint density at radius 3 is 2.69 bits per heavy atom. The number of allylic oxidation sites excluding steroid dienone is 2. The van der Waals surface area contributed by atoms with Gasteiger partial charge in [0.2, 0.25) is 0 Å². The summed E-state index contributed by atoms with van der Waals surface area (Å²) in [7, 11) is 0. The number of alkyl halides is 1. The van der Waals surface area contributed by atoms with Crippen LogP contribution in [0.5, 0.6) is 0 Å². The van der Waals surface area contributed by atoms with E-state index in [9.17, 15) is 0 Å². The van der Waals surface area contributed by atoms with Crippen molar-refractivity contribution < 1.29 is 0 Å². The fourth-order valence-corrected chi connectivity index (χ4v) is 1.70. The van der Waals surface area contributed by atoms with Gasteiger partial charge in [-0.25, -0.2) is 0 Å². The number of hydrogen-bond donors (Lipinski definition) is 0. The summed E-state index contributed by atoms with van der Waals surface area (Å²) >= 11 is 17.4. The number of halogens is 3. The third kappa shape index (κ3) is 2.91. The first-order valence-corrected chi connectivity index (χ1v) is 5.12. The zero-order chi connectivity index (χ0) is 9.84. The van der Waals surface area contributed by atoms with Gasteiger partial charge in [0.05, 0.1) is 0 Å². The van der Waals surface area contributed by atoms with Crippen LogP contribution in [0.25, 0.3) is 5.57 Å². The smallest absolute Gasteiger partial charge is 0.0481 e. The molecule has 0 aliphatic rings. The first-order chi connectivity index (χ1) is 6.15. The summed E-state index contributed by atoms with van der Waals surface area (Å²) in [5.74, 6) is 0.481. The van der Waals surface area contributed by atoms with Crippen molar-refractivity contribution in [2.24, 2.45) is 0 Å². The Bertz CT molecular complexity index is 329. The molecule has 0 atom stereocenters. The molecule has 0 unspecified atom stereocenters. The second-order valence-electron chi connectivity index (χ2n) is 2.67. The van der Waals surface area contributed by atoms with E-state index in [2.05, 4.69) is 0 Å². The number of benzene rings is 1. The molecule has 0 radical (unpaired) electrons. The van der Waals surface area contributed by atoms with E-state index in [1.165, 1.54) is 0 Å². The summed E-state index contributed by atoms with van der Waals surface area (Å²) < 4.78 is 0. The minimum Gasteiger partial charge on any atom is -0.122 e. The highest BCUT2D eigenvalue weighted by Crippen LogP contribution is 2.26. The maximum atomic E-state index is 5.98. The van der Waals surface area contributed by atoms with Crippen LogP contribution in [0, 0.1) is 0 Å². The van der Waals surface area contributed by atoms with Crippen LogP contribution in [0.15, 0.2) is 24.3 Å². The Balaban J connectivity index is 3.13. The molecule has 0 fully saturated rings. The Morgan fingerprint density at radius 1 is 1.38 bits per heavy atom. The van der Waals surface area contributed by atoms with E-state index in [0.29, 0.717) is 15.9 Å². The van der Waals surface area contributed by atoms with Crippen molar-refractivity contribution in [3.05, 3.63) is 39.9 Å². The fourth-order valence-electron chi connectivity index (χ4n) is 1.03. The molecule has 70 valence electrons. The third-order valence-electron chi connectivity index (χ3n) is 1.74. The molecule has 0 saturated carbocycles. The van der Waals surface area contributed by atoms with Gasteiger partial charge in [0.25, 0.3) is 0 Å². The van der Waals surface area contributed by atoms with E-state index >= 15 is 0 Å². The summed E-state index contributed by atoms with van der Waals surface area (Å²) in [4.78, 5) is 0. The van der Waals surface area contributed by atoms with Gasteiger partial charge in [-0.15, -0.1) is 11.6 Å². The SMILES string of the molecule is C/C(=C/CCl)c1cc(Cl)ccc1Cl. The third-order valence-corrected chi connectivity index (χ3v) is 2.46. The van der Waals surface area contributed by atoms with Gasteiger partial charge in [-0.2, -0.15) is 0 Å². The molecule has 1 aromatic rings. The van der Waals surface area contributed by atoms with Crippen LogP contribution in [0.4, 0.5) is 0 Å². The van der Waals surface area contributed by atoms with Gasteiger partial charge in [-0.3, -0.25) is 0 Å². The van der Waals surface area contributed by atoms with Crippen molar-refractivity contribution in [2.45, 2.75) is 6.92 Å². The molecule has 0 N–H and O–H groups in total. The fraction of sp³-hybridized carbons (Fsp3) is 0.200. The topological polar surface area (TPSA) is 0 Å². The Morgan fingerprint density at radius 2 is 2.08 bits per heavy atom. The average molecular weight is 236 g/mol. The quantitative estimate of drug-likeness (QED) is 0.655. The maximum Gasteiger partial charge on any atom is 0.0481 e. The van der Waals surface area contributed by atoms with Gasteiger partial charge in [0.15, 0.2) is 0 Å². The van der Waals surface area contributed by atoms with Crippen LogP contribution in [0.1, 0.15) is 12.5 Å². The van der Waals surface area contributed by atoms with Crippen LogP contribution < -0.4 is 0 Å². The van der Waals surface area contributed by atoms with E-state index in [1.54, 1.807) is 12.1 Å². The molecule has 0 heterocycles. The normalized spacial score (nSPS) is 11.8. The molecular formula is C10H9Cl3. The molecule has 0 nitrogen and oxygen atoms in total. The number of rotatable bonds is 2. The van der Waals surface area contributed by atoms with Crippen molar-refractivity contribution in [1.82, 2.24) is 0 Å². The highest BCUT2D eigenvalue weighted by molar-refractivity contribution is 6.34. The Hall–Kier alpha value is -0.170. The number of hydrogen-bond acceptors (Lipinski definition) is 0. The second kappa shape index (κ2) is 4.90. The molecule has 13 heavy (non-hydrogen) atoms. The van der Waals surface area contributed by atoms with Gasteiger partial charge >= 0.3 is 0 Å². The summed E-state index contributed by atoms with van der Waals surface area (Å²) in [5, 5.41) is 1.38. The standard InChI is InChI=1S/C10H9Cl3/c1-7(4-5-11)9-6-8(12)2-3-10(9)13/h2-4,6H,5H2,1H3/b7-4-. The lowest BCUT2D eigenvalue weighted by Crippen LogP contribution is -1.82. The first kappa shape index (κ1) is 10.9. The van der Waals surface area contributed by atoms with E-state index in [-0.39, 0.29) is 0 Å². The van der Waals surface area contributed by atoms with Gasteiger partial charge in [0, 0.05) is 15.9 Å².